The van der Waals surface area contributed by atoms with Gasteiger partial charge < -0.3 is 10.6 Å². The predicted octanol–water partition coefficient (Wildman–Crippen LogP) is 2.44. The number of hydrogen-bond acceptors (Lipinski definition) is 4. The lowest BCUT2D eigenvalue weighted by Gasteiger charge is -2.12. The number of thiophene rings is 1. The molecular formula is C17H25IN4O2S2. The molecule has 0 unspecified atom stereocenters. The summed E-state index contributed by atoms with van der Waals surface area (Å²) in [6.45, 7) is 1.56. The van der Waals surface area contributed by atoms with Crippen molar-refractivity contribution in [1.82, 2.24) is 15.4 Å². The van der Waals surface area contributed by atoms with E-state index in [1.807, 2.05) is 18.2 Å². The summed E-state index contributed by atoms with van der Waals surface area (Å²) >= 11 is 1.20. The minimum absolute atomic E-state index is 0. The van der Waals surface area contributed by atoms with Crippen molar-refractivity contribution in [2.24, 2.45) is 4.99 Å². The average molecular weight is 508 g/mol. The largest absolute Gasteiger partial charge is 0.356 e. The smallest absolute Gasteiger partial charge is 0.250 e. The highest BCUT2D eigenvalue weighted by Gasteiger charge is 2.13. The lowest BCUT2D eigenvalue weighted by molar-refractivity contribution is 0.582. The Kier molecular flexibility index (Phi) is 10.8. The number of nitrogens with zero attached hydrogens (tertiary/aromatic N) is 1. The van der Waals surface area contributed by atoms with Gasteiger partial charge in [0.25, 0.3) is 0 Å². The van der Waals surface area contributed by atoms with E-state index in [2.05, 4.69) is 32.5 Å². The van der Waals surface area contributed by atoms with Gasteiger partial charge in [-0.1, -0.05) is 36.4 Å². The predicted molar refractivity (Wildman–Crippen MR) is 119 cm³/mol. The molecule has 0 aliphatic carbocycles. The van der Waals surface area contributed by atoms with Crippen LogP contribution in [0.15, 0.2) is 57.0 Å². The molecule has 1 aromatic carbocycles. The fourth-order valence-electron chi connectivity index (χ4n) is 2.22. The Balaban J connectivity index is 0.00000338. The van der Waals surface area contributed by atoms with Gasteiger partial charge in [0.15, 0.2) is 5.96 Å². The first-order valence-electron chi connectivity index (χ1n) is 8.13. The van der Waals surface area contributed by atoms with E-state index < -0.39 is 10.0 Å². The maximum atomic E-state index is 12.0. The fourth-order valence-corrected chi connectivity index (χ4v) is 4.29. The van der Waals surface area contributed by atoms with Crippen molar-refractivity contribution in [3.8, 4) is 0 Å². The zero-order chi connectivity index (χ0) is 18.0. The summed E-state index contributed by atoms with van der Waals surface area (Å²) in [6.07, 6.45) is 2.00. The summed E-state index contributed by atoms with van der Waals surface area (Å²) in [4.78, 5) is 4.14. The van der Waals surface area contributed by atoms with Gasteiger partial charge in [0.1, 0.15) is 4.21 Å². The lowest BCUT2D eigenvalue weighted by atomic mass is 10.1. The number of benzene rings is 1. The van der Waals surface area contributed by atoms with Crippen LogP contribution in [0.3, 0.4) is 0 Å². The number of hydrogen-bond donors (Lipinski definition) is 3. The van der Waals surface area contributed by atoms with Crippen LogP contribution >= 0.6 is 35.3 Å². The number of aryl methyl sites for hydroxylation is 1. The van der Waals surface area contributed by atoms with E-state index in [1.165, 1.54) is 16.9 Å². The molecule has 0 saturated carbocycles. The van der Waals surface area contributed by atoms with Gasteiger partial charge in [0, 0.05) is 26.7 Å². The van der Waals surface area contributed by atoms with E-state index in [-0.39, 0.29) is 24.0 Å². The molecule has 3 N–H and O–H groups in total. The molecule has 2 aromatic rings. The molecule has 0 amide bonds. The van der Waals surface area contributed by atoms with E-state index >= 15 is 0 Å². The Morgan fingerprint density at radius 2 is 1.77 bits per heavy atom. The second-order valence-corrected chi connectivity index (χ2v) is 8.29. The van der Waals surface area contributed by atoms with Gasteiger partial charge in [0.05, 0.1) is 0 Å². The van der Waals surface area contributed by atoms with Gasteiger partial charge in [-0.2, -0.15) is 0 Å². The third kappa shape index (κ3) is 8.02. The molecule has 1 aromatic heterocycles. The van der Waals surface area contributed by atoms with Gasteiger partial charge in [-0.25, -0.2) is 13.1 Å². The molecule has 2 rings (SSSR count). The molecule has 0 saturated heterocycles. The quantitative estimate of drug-likeness (QED) is 0.210. The first-order chi connectivity index (χ1) is 12.1. The molecule has 1 heterocycles. The van der Waals surface area contributed by atoms with E-state index in [1.54, 1.807) is 24.6 Å². The van der Waals surface area contributed by atoms with Crippen molar-refractivity contribution in [2.45, 2.75) is 17.1 Å². The second-order valence-electron chi connectivity index (χ2n) is 5.34. The number of nitrogens with one attached hydrogen (secondary N) is 3. The minimum atomic E-state index is -3.40. The summed E-state index contributed by atoms with van der Waals surface area (Å²) in [6, 6.07) is 13.6. The van der Waals surface area contributed by atoms with Crippen molar-refractivity contribution >= 4 is 51.3 Å². The number of halogens is 1. The second kappa shape index (κ2) is 12.3. The van der Waals surface area contributed by atoms with E-state index in [4.69, 9.17) is 0 Å². The van der Waals surface area contributed by atoms with E-state index in [9.17, 15) is 8.42 Å². The van der Waals surface area contributed by atoms with Crippen molar-refractivity contribution in [1.29, 1.82) is 0 Å². The van der Waals surface area contributed by atoms with Crippen molar-refractivity contribution in [3.05, 3.63) is 53.4 Å². The van der Waals surface area contributed by atoms with Crippen LogP contribution in [0.25, 0.3) is 0 Å². The van der Waals surface area contributed by atoms with Crippen LogP contribution in [0.1, 0.15) is 12.0 Å². The van der Waals surface area contributed by atoms with Gasteiger partial charge in [-0.05, 0) is 29.9 Å². The molecule has 0 radical (unpaired) electrons. The van der Waals surface area contributed by atoms with Crippen LogP contribution in [-0.2, 0) is 16.4 Å². The van der Waals surface area contributed by atoms with Crippen molar-refractivity contribution in [2.75, 3.05) is 26.7 Å². The summed E-state index contributed by atoms with van der Waals surface area (Å²) in [7, 11) is -1.71. The fraction of sp³-hybridized carbons (Fsp3) is 0.353. The molecule has 9 heteroatoms. The molecule has 0 fully saturated rings. The number of aliphatic imine (C=N–C) groups is 1. The zero-order valence-electron chi connectivity index (χ0n) is 14.6. The summed E-state index contributed by atoms with van der Waals surface area (Å²) < 4.78 is 26.9. The Labute approximate surface area is 176 Å². The number of sulfonamides is 1. The van der Waals surface area contributed by atoms with E-state index in [0.29, 0.717) is 23.3 Å². The SMILES string of the molecule is CN=C(NCCCc1ccccc1)NCCNS(=O)(=O)c1cccs1.I. The highest BCUT2D eigenvalue weighted by atomic mass is 127. The highest BCUT2D eigenvalue weighted by Crippen LogP contribution is 2.14. The molecule has 26 heavy (non-hydrogen) atoms. The third-order valence-corrected chi connectivity index (χ3v) is 6.33. The van der Waals surface area contributed by atoms with Gasteiger partial charge >= 0.3 is 0 Å². The molecule has 144 valence electrons. The normalized spacial score (nSPS) is 11.7. The molecular weight excluding hydrogens is 483 g/mol. The Morgan fingerprint density at radius 3 is 2.42 bits per heavy atom. The molecule has 0 atom stereocenters. The van der Waals surface area contributed by atoms with Crippen molar-refractivity contribution < 1.29 is 8.42 Å². The van der Waals surface area contributed by atoms with Crippen LogP contribution < -0.4 is 15.4 Å². The zero-order valence-corrected chi connectivity index (χ0v) is 18.6. The molecule has 0 spiro atoms. The minimum Gasteiger partial charge on any atom is -0.356 e. The average Bonchev–Trinajstić information content (AvgIpc) is 3.17. The van der Waals surface area contributed by atoms with Crippen LogP contribution in [0.5, 0.6) is 0 Å². The third-order valence-electron chi connectivity index (χ3n) is 3.47. The summed E-state index contributed by atoms with van der Waals surface area (Å²) in [5.41, 5.74) is 1.32. The lowest BCUT2D eigenvalue weighted by Crippen LogP contribution is -2.41. The van der Waals surface area contributed by atoms with Gasteiger partial charge in [-0.15, -0.1) is 35.3 Å². The maximum Gasteiger partial charge on any atom is 0.250 e. The van der Waals surface area contributed by atoms with Crippen LogP contribution in [-0.4, -0.2) is 41.1 Å². The molecule has 0 bridgehead atoms. The Hall–Kier alpha value is -1.17. The topological polar surface area (TPSA) is 82.6 Å². The van der Waals surface area contributed by atoms with E-state index in [0.717, 1.165) is 19.4 Å². The summed E-state index contributed by atoms with van der Waals surface area (Å²) in [5, 5.41) is 8.07. The van der Waals surface area contributed by atoms with Gasteiger partial charge in [-0.3, -0.25) is 4.99 Å². The van der Waals surface area contributed by atoms with Crippen LogP contribution in [0.4, 0.5) is 0 Å². The highest BCUT2D eigenvalue weighted by molar-refractivity contribution is 14.0. The molecule has 6 nitrogen and oxygen atoms in total. The van der Waals surface area contributed by atoms with Crippen LogP contribution in [0, 0.1) is 0 Å². The monoisotopic (exact) mass is 508 g/mol. The Morgan fingerprint density at radius 1 is 1.04 bits per heavy atom. The first kappa shape index (κ1) is 22.9. The summed E-state index contributed by atoms with van der Waals surface area (Å²) in [5.74, 6) is 0.670. The van der Waals surface area contributed by atoms with Crippen LogP contribution in [0.2, 0.25) is 0 Å². The standard InChI is InChI=1S/C17H24N4O2S2.HI/c1-18-17(19-11-5-9-15-7-3-2-4-8-15)20-12-13-21-25(22,23)16-10-6-14-24-16;/h2-4,6-8,10,14,21H,5,9,11-13H2,1H3,(H2,18,19,20);1H. The number of guanidine groups is 1. The molecule has 0 aliphatic rings. The molecule has 0 aliphatic heterocycles. The van der Waals surface area contributed by atoms with Crippen molar-refractivity contribution in [3.63, 3.8) is 0 Å². The maximum absolute atomic E-state index is 12.0. The van der Waals surface area contributed by atoms with Gasteiger partial charge in [0.2, 0.25) is 10.0 Å². The first-order valence-corrected chi connectivity index (χ1v) is 10.5. The number of rotatable bonds is 9. The Bertz CT molecular complexity index is 750.